The van der Waals surface area contributed by atoms with Crippen LogP contribution in [0.2, 0.25) is 5.02 Å². The molecular formula is C13H17ClN2. The number of nitrogens with one attached hydrogen (secondary N) is 1. The van der Waals surface area contributed by atoms with Gasteiger partial charge in [-0.25, -0.2) is 0 Å². The third-order valence-electron chi connectivity index (χ3n) is 2.99. The lowest BCUT2D eigenvalue weighted by atomic mass is 10.0. The molecule has 0 aliphatic carbocycles. The third-order valence-corrected chi connectivity index (χ3v) is 3.34. The molecule has 0 aromatic heterocycles. The standard InChI is InChI=1S/C13H17ClN2/c1-2-13(16-9-7-15-8-10-16)11-5-3-4-6-12(11)14/h2-6,13,15H,1,7-10H2/t13-/m1/s1. The number of hydrogen-bond acceptors (Lipinski definition) is 2. The predicted octanol–water partition coefficient (Wildman–Crippen LogP) is 2.47. The average Bonchev–Trinajstić information content (AvgIpc) is 2.34. The first-order valence-corrected chi connectivity index (χ1v) is 6.02. The van der Waals surface area contributed by atoms with Gasteiger partial charge in [-0.05, 0) is 11.6 Å². The van der Waals surface area contributed by atoms with Crippen LogP contribution in [-0.4, -0.2) is 31.1 Å². The fourth-order valence-corrected chi connectivity index (χ4v) is 2.40. The van der Waals surface area contributed by atoms with E-state index >= 15 is 0 Å². The monoisotopic (exact) mass is 236 g/mol. The summed E-state index contributed by atoms with van der Waals surface area (Å²) in [6, 6.07) is 8.24. The van der Waals surface area contributed by atoms with Gasteiger partial charge in [-0.2, -0.15) is 0 Å². The van der Waals surface area contributed by atoms with Gasteiger partial charge < -0.3 is 5.32 Å². The topological polar surface area (TPSA) is 15.3 Å². The summed E-state index contributed by atoms with van der Waals surface area (Å²) in [7, 11) is 0. The zero-order chi connectivity index (χ0) is 11.4. The lowest BCUT2D eigenvalue weighted by molar-refractivity contribution is 0.203. The summed E-state index contributed by atoms with van der Waals surface area (Å²) in [6.45, 7) is 8.09. The normalized spacial score (nSPS) is 19.3. The molecule has 0 amide bonds. The highest BCUT2D eigenvalue weighted by molar-refractivity contribution is 6.31. The van der Waals surface area contributed by atoms with Crippen LogP contribution in [0.1, 0.15) is 11.6 Å². The van der Waals surface area contributed by atoms with Gasteiger partial charge in [0.15, 0.2) is 0 Å². The summed E-state index contributed by atoms with van der Waals surface area (Å²) in [5.41, 5.74) is 1.15. The Labute approximate surface area is 102 Å². The second kappa shape index (κ2) is 5.48. The maximum atomic E-state index is 6.23. The zero-order valence-corrected chi connectivity index (χ0v) is 10.1. The van der Waals surface area contributed by atoms with Crippen LogP contribution in [0.15, 0.2) is 36.9 Å². The van der Waals surface area contributed by atoms with Gasteiger partial charge in [0.2, 0.25) is 0 Å². The molecule has 1 atom stereocenters. The Morgan fingerprint density at radius 1 is 1.31 bits per heavy atom. The highest BCUT2D eigenvalue weighted by Gasteiger charge is 2.20. The number of halogens is 1. The van der Waals surface area contributed by atoms with Crippen LogP contribution >= 0.6 is 11.6 Å². The van der Waals surface area contributed by atoms with Crippen molar-refractivity contribution in [2.75, 3.05) is 26.2 Å². The van der Waals surface area contributed by atoms with E-state index in [1.54, 1.807) is 0 Å². The van der Waals surface area contributed by atoms with Gasteiger partial charge in [0.25, 0.3) is 0 Å². The Balaban J connectivity index is 2.21. The summed E-state index contributed by atoms with van der Waals surface area (Å²) in [5.74, 6) is 0. The van der Waals surface area contributed by atoms with Crippen LogP contribution < -0.4 is 5.32 Å². The summed E-state index contributed by atoms with van der Waals surface area (Å²) in [6.07, 6.45) is 1.98. The van der Waals surface area contributed by atoms with Crippen molar-refractivity contribution < 1.29 is 0 Å². The number of benzene rings is 1. The summed E-state index contributed by atoms with van der Waals surface area (Å²) < 4.78 is 0. The Bertz CT molecular complexity index is 359. The summed E-state index contributed by atoms with van der Waals surface area (Å²) in [4.78, 5) is 2.41. The number of nitrogens with zero attached hydrogens (tertiary/aromatic N) is 1. The largest absolute Gasteiger partial charge is 0.314 e. The Morgan fingerprint density at radius 2 is 2.00 bits per heavy atom. The van der Waals surface area contributed by atoms with Crippen LogP contribution in [-0.2, 0) is 0 Å². The molecule has 1 fully saturated rings. The van der Waals surface area contributed by atoms with Crippen LogP contribution in [0.4, 0.5) is 0 Å². The molecule has 3 heteroatoms. The molecule has 1 aliphatic rings. The zero-order valence-electron chi connectivity index (χ0n) is 9.32. The minimum absolute atomic E-state index is 0.232. The highest BCUT2D eigenvalue weighted by atomic mass is 35.5. The molecule has 0 bridgehead atoms. The first kappa shape index (κ1) is 11.6. The van der Waals surface area contributed by atoms with Crippen molar-refractivity contribution in [3.63, 3.8) is 0 Å². The maximum Gasteiger partial charge on any atom is 0.0544 e. The van der Waals surface area contributed by atoms with E-state index in [2.05, 4.69) is 22.9 Å². The summed E-state index contributed by atoms with van der Waals surface area (Å²) >= 11 is 6.23. The fraction of sp³-hybridized carbons (Fsp3) is 0.385. The van der Waals surface area contributed by atoms with E-state index in [4.69, 9.17) is 11.6 Å². The van der Waals surface area contributed by atoms with Gasteiger partial charge in [-0.1, -0.05) is 35.9 Å². The molecule has 0 unspecified atom stereocenters. The van der Waals surface area contributed by atoms with Crippen molar-refractivity contribution in [2.24, 2.45) is 0 Å². The molecular weight excluding hydrogens is 220 g/mol. The Hall–Kier alpha value is -0.830. The van der Waals surface area contributed by atoms with Gasteiger partial charge >= 0.3 is 0 Å². The van der Waals surface area contributed by atoms with Crippen molar-refractivity contribution in [1.82, 2.24) is 10.2 Å². The second-order valence-electron chi connectivity index (χ2n) is 3.99. The van der Waals surface area contributed by atoms with Crippen LogP contribution in [0.5, 0.6) is 0 Å². The van der Waals surface area contributed by atoms with E-state index in [0.29, 0.717) is 0 Å². The maximum absolute atomic E-state index is 6.23. The molecule has 1 aromatic carbocycles. The first-order chi connectivity index (χ1) is 7.83. The predicted molar refractivity (Wildman–Crippen MR) is 68.8 cm³/mol. The van der Waals surface area contributed by atoms with E-state index in [9.17, 15) is 0 Å². The van der Waals surface area contributed by atoms with Crippen molar-refractivity contribution in [1.29, 1.82) is 0 Å². The van der Waals surface area contributed by atoms with Gasteiger partial charge in [0, 0.05) is 31.2 Å². The van der Waals surface area contributed by atoms with Gasteiger partial charge in [-0.15, -0.1) is 6.58 Å². The van der Waals surface area contributed by atoms with E-state index in [-0.39, 0.29) is 6.04 Å². The molecule has 1 N–H and O–H groups in total. The van der Waals surface area contributed by atoms with Crippen LogP contribution in [0, 0.1) is 0 Å². The molecule has 1 saturated heterocycles. The minimum atomic E-state index is 0.232. The van der Waals surface area contributed by atoms with E-state index in [1.165, 1.54) is 0 Å². The number of hydrogen-bond donors (Lipinski definition) is 1. The Morgan fingerprint density at radius 3 is 2.62 bits per heavy atom. The molecule has 1 heterocycles. The average molecular weight is 237 g/mol. The van der Waals surface area contributed by atoms with Crippen molar-refractivity contribution in [3.8, 4) is 0 Å². The molecule has 16 heavy (non-hydrogen) atoms. The summed E-state index contributed by atoms with van der Waals surface area (Å²) in [5, 5.41) is 4.18. The van der Waals surface area contributed by atoms with Crippen LogP contribution in [0.3, 0.4) is 0 Å². The highest BCUT2D eigenvalue weighted by Crippen LogP contribution is 2.28. The molecule has 86 valence electrons. The molecule has 2 rings (SSSR count). The van der Waals surface area contributed by atoms with Crippen molar-refractivity contribution in [2.45, 2.75) is 6.04 Å². The Kier molecular flexibility index (Phi) is 3.99. The lowest BCUT2D eigenvalue weighted by Gasteiger charge is -2.33. The molecule has 2 nitrogen and oxygen atoms in total. The van der Waals surface area contributed by atoms with Gasteiger partial charge in [0.05, 0.1) is 6.04 Å². The fourth-order valence-electron chi connectivity index (χ4n) is 2.15. The van der Waals surface area contributed by atoms with Crippen molar-refractivity contribution in [3.05, 3.63) is 47.5 Å². The lowest BCUT2D eigenvalue weighted by Crippen LogP contribution is -2.44. The molecule has 0 spiro atoms. The van der Waals surface area contributed by atoms with Crippen LogP contribution in [0.25, 0.3) is 0 Å². The smallest absolute Gasteiger partial charge is 0.0544 e. The van der Waals surface area contributed by atoms with E-state index in [1.807, 2.05) is 24.3 Å². The van der Waals surface area contributed by atoms with Crippen molar-refractivity contribution >= 4 is 11.6 Å². The van der Waals surface area contributed by atoms with E-state index in [0.717, 1.165) is 36.8 Å². The van der Waals surface area contributed by atoms with Gasteiger partial charge in [-0.3, -0.25) is 4.90 Å². The minimum Gasteiger partial charge on any atom is -0.314 e. The first-order valence-electron chi connectivity index (χ1n) is 5.64. The molecule has 0 radical (unpaired) electrons. The van der Waals surface area contributed by atoms with E-state index < -0.39 is 0 Å². The molecule has 1 aromatic rings. The quantitative estimate of drug-likeness (QED) is 0.812. The molecule has 1 aliphatic heterocycles. The number of rotatable bonds is 3. The van der Waals surface area contributed by atoms with Gasteiger partial charge in [0.1, 0.15) is 0 Å². The second-order valence-corrected chi connectivity index (χ2v) is 4.40. The SMILES string of the molecule is C=C[C@H](c1ccccc1Cl)N1CCNCC1. The number of piperazine rings is 1. The molecule has 0 saturated carbocycles. The third kappa shape index (κ3) is 2.46.